The number of aliphatic hydroxyl groups is 1. The van der Waals surface area contributed by atoms with Gasteiger partial charge in [0.15, 0.2) is 0 Å². The Morgan fingerprint density at radius 1 is 1.43 bits per heavy atom. The summed E-state index contributed by atoms with van der Waals surface area (Å²) < 4.78 is 0. The molecule has 1 aliphatic heterocycles. The lowest BCUT2D eigenvalue weighted by atomic mass is 9.85. The molecule has 4 nitrogen and oxygen atoms in total. The molecule has 0 spiro atoms. The Morgan fingerprint density at radius 2 is 2.14 bits per heavy atom. The van der Waals surface area contributed by atoms with Gasteiger partial charge in [-0.15, -0.1) is 0 Å². The maximum atomic E-state index is 10.9. The molecule has 2 atom stereocenters. The summed E-state index contributed by atoms with van der Waals surface area (Å²) in [5.74, 6) is -0.122. The largest absolute Gasteiger partial charge is 0.480 e. The maximum Gasteiger partial charge on any atom is 0.321 e. The summed E-state index contributed by atoms with van der Waals surface area (Å²) in [5, 5.41) is 18.4. The van der Waals surface area contributed by atoms with Crippen LogP contribution in [0.3, 0.4) is 0 Å². The Balaban J connectivity index is 1.90. The van der Waals surface area contributed by atoms with Crippen LogP contribution in [0, 0.1) is 5.92 Å². The molecule has 2 unspecified atom stereocenters. The molecule has 1 saturated heterocycles. The maximum absolute atomic E-state index is 10.9. The van der Waals surface area contributed by atoms with Gasteiger partial charge in [-0.05, 0) is 18.8 Å². The van der Waals surface area contributed by atoms with Gasteiger partial charge in [0.05, 0.1) is 6.10 Å². The highest BCUT2D eigenvalue weighted by atomic mass is 16.4. The molecule has 14 heavy (non-hydrogen) atoms. The van der Waals surface area contributed by atoms with E-state index in [0.29, 0.717) is 18.9 Å². The number of carboxylic acid groups (broad SMARTS) is 1. The molecule has 2 aliphatic rings. The lowest BCUT2D eigenvalue weighted by Crippen LogP contribution is -2.40. The average molecular weight is 199 g/mol. The van der Waals surface area contributed by atoms with Crippen molar-refractivity contribution in [2.75, 3.05) is 13.1 Å². The predicted octanol–water partition coefficient (Wildman–Crippen LogP) is 0.306. The topological polar surface area (TPSA) is 60.8 Å². The number of aliphatic hydroxyl groups excluding tert-OH is 1. The number of β-amino-alcohol motifs (C(OH)–C–C–N with tert-alkyl or cyclic N) is 1. The highest BCUT2D eigenvalue weighted by Gasteiger charge is 2.37. The molecule has 0 aromatic rings. The quantitative estimate of drug-likeness (QED) is 0.686. The number of hydrogen-bond donors (Lipinski definition) is 2. The average Bonchev–Trinajstić information content (AvgIpc) is 2.39. The fourth-order valence-electron chi connectivity index (χ4n) is 2.35. The number of carbonyl (C=O) groups is 1. The van der Waals surface area contributed by atoms with E-state index < -0.39 is 18.1 Å². The summed E-state index contributed by atoms with van der Waals surface area (Å²) in [6.07, 6.45) is 3.66. The normalized spacial score (nSPS) is 34.4. The van der Waals surface area contributed by atoms with Gasteiger partial charge in [-0.1, -0.05) is 6.42 Å². The zero-order chi connectivity index (χ0) is 10.1. The Bertz CT molecular complexity index is 227. The summed E-state index contributed by atoms with van der Waals surface area (Å²) in [7, 11) is 0. The van der Waals surface area contributed by atoms with E-state index in [1.807, 2.05) is 4.90 Å². The van der Waals surface area contributed by atoms with Crippen molar-refractivity contribution < 1.29 is 15.0 Å². The van der Waals surface area contributed by atoms with Crippen molar-refractivity contribution in [3.8, 4) is 0 Å². The fraction of sp³-hybridized carbons (Fsp3) is 0.900. The third-order valence-electron chi connectivity index (χ3n) is 3.38. The first-order valence-corrected chi connectivity index (χ1v) is 5.31. The van der Waals surface area contributed by atoms with E-state index in [4.69, 9.17) is 5.11 Å². The van der Waals surface area contributed by atoms with E-state index in [-0.39, 0.29) is 0 Å². The van der Waals surface area contributed by atoms with Crippen molar-refractivity contribution in [3.63, 3.8) is 0 Å². The van der Waals surface area contributed by atoms with E-state index in [2.05, 4.69) is 0 Å². The Morgan fingerprint density at radius 3 is 2.64 bits per heavy atom. The van der Waals surface area contributed by atoms with Crippen LogP contribution in [0.1, 0.15) is 25.7 Å². The van der Waals surface area contributed by atoms with Crippen molar-refractivity contribution in [3.05, 3.63) is 0 Å². The van der Waals surface area contributed by atoms with E-state index in [1.54, 1.807) is 0 Å². The number of aliphatic carboxylic acids is 1. The molecular weight excluding hydrogens is 182 g/mol. The molecule has 0 aromatic heterocycles. The van der Waals surface area contributed by atoms with E-state index in [9.17, 15) is 9.90 Å². The van der Waals surface area contributed by atoms with Crippen molar-refractivity contribution in [2.45, 2.75) is 37.8 Å². The van der Waals surface area contributed by atoms with Crippen LogP contribution in [-0.2, 0) is 4.79 Å². The highest BCUT2D eigenvalue weighted by Crippen LogP contribution is 2.30. The smallest absolute Gasteiger partial charge is 0.321 e. The van der Waals surface area contributed by atoms with Crippen molar-refractivity contribution in [1.29, 1.82) is 0 Å². The van der Waals surface area contributed by atoms with Gasteiger partial charge < -0.3 is 10.2 Å². The number of rotatable bonds is 3. The first kappa shape index (κ1) is 9.93. The number of nitrogens with zero attached hydrogens (tertiary/aromatic N) is 1. The first-order chi connectivity index (χ1) is 6.66. The van der Waals surface area contributed by atoms with Crippen LogP contribution < -0.4 is 0 Å². The summed E-state index contributed by atoms with van der Waals surface area (Å²) in [4.78, 5) is 12.8. The second-order valence-corrected chi connectivity index (χ2v) is 4.49. The molecule has 2 fully saturated rings. The monoisotopic (exact) mass is 199 g/mol. The minimum absolute atomic E-state index is 0.391. The highest BCUT2D eigenvalue weighted by molar-refractivity contribution is 5.74. The standard InChI is InChI=1S/C10H17NO3/c12-8-4-9(10(13)14)11(6-8)5-7-2-1-3-7/h7-9,12H,1-6H2,(H,13,14). The Hall–Kier alpha value is -0.610. The van der Waals surface area contributed by atoms with Gasteiger partial charge >= 0.3 is 5.97 Å². The van der Waals surface area contributed by atoms with Gasteiger partial charge in [0.2, 0.25) is 0 Å². The molecule has 0 aromatic carbocycles. The third kappa shape index (κ3) is 1.91. The molecule has 80 valence electrons. The SMILES string of the molecule is O=C(O)C1CC(O)CN1CC1CCC1. The van der Waals surface area contributed by atoms with Crippen LogP contribution in [0.4, 0.5) is 0 Å². The lowest BCUT2D eigenvalue weighted by Gasteiger charge is -2.31. The fourth-order valence-corrected chi connectivity index (χ4v) is 2.35. The van der Waals surface area contributed by atoms with Gasteiger partial charge in [0.25, 0.3) is 0 Å². The van der Waals surface area contributed by atoms with Crippen molar-refractivity contribution in [2.24, 2.45) is 5.92 Å². The van der Waals surface area contributed by atoms with Crippen LogP contribution in [0.25, 0.3) is 0 Å². The Labute approximate surface area is 83.5 Å². The molecule has 2 N–H and O–H groups in total. The van der Waals surface area contributed by atoms with Crippen molar-refractivity contribution >= 4 is 5.97 Å². The molecule has 0 amide bonds. The lowest BCUT2D eigenvalue weighted by molar-refractivity contribution is -0.142. The zero-order valence-corrected chi connectivity index (χ0v) is 8.22. The van der Waals surface area contributed by atoms with Gasteiger partial charge in [-0.2, -0.15) is 0 Å². The summed E-state index contributed by atoms with van der Waals surface area (Å²) >= 11 is 0. The van der Waals surface area contributed by atoms with Crippen LogP contribution in [-0.4, -0.2) is 46.3 Å². The summed E-state index contributed by atoms with van der Waals surface area (Å²) in [6.45, 7) is 1.39. The minimum Gasteiger partial charge on any atom is -0.480 e. The van der Waals surface area contributed by atoms with E-state index >= 15 is 0 Å². The van der Waals surface area contributed by atoms with Crippen LogP contribution in [0.15, 0.2) is 0 Å². The molecule has 1 heterocycles. The number of hydrogen-bond acceptors (Lipinski definition) is 3. The minimum atomic E-state index is -0.791. The Kier molecular flexibility index (Phi) is 2.74. The molecule has 4 heteroatoms. The first-order valence-electron chi connectivity index (χ1n) is 5.31. The van der Waals surface area contributed by atoms with Gasteiger partial charge in [-0.25, -0.2) is 0 Å². The second kappa shape index (κ2) is 3.87. The number of likely N-dealkylation sites (tertiary alicyclic amines) is 1. The van der Waals surface area contributed by atoms with Crippen LogP contribution in [0.2, 0.25) is 0 Å². The number of carboxylic acids is 1. The van der Waals surface area contributed by atoms with Gasteiger partial charge in [-0.3, -0.25) is 9.69 Å². The molecular formula is C10H17NO3. The van der Waals surface area contributed by atoms with E-state index in [0.717, 1.165) is 6.54 Å². The predicted molar refractivity (Wildman–Crippen MR) is 51.0 cm³/mol. The molecule has 0 bridgehead atoms. The summed E-state index contributed by atoms with van der Waals surface area (Å²) in [5.41, 5.74) is 0. The third-order valence-corrected chi connectivity index (χ3v) is 3.38. The van der Waals surface area contributed by atoms with Crippen LogP contribution in [0.5, 0.6) is 0 Å². The van der Waals surface area contributed by atoms with E-state index in [1.165, 1.54) is 19.3 Å². The van der Waals surface area contributed by atoms with Gasteiger partial charge in [0.1, 0.15) is 6.04 Å². The zero-order valence-electron chi connectivity index (χ0n) is 8.22. The molecule has 1 aliphatic carbocycles. The van der Waals surface area contributed by atoms with Crippen molar-refractivity contribution in [1.82, 2.24) is 4.90 Å². The molecule has 1 saturated carbocycles. The van der Waals surface area contributed by atoms with Crippen LogP contribution >= 0.6 is 0 Å². The molecule has 2 rings (SSSR count). The van der Waals surface area contributed by atoms with Gasteiger partial charge in [0, 0.05) is 19.5 Å². The summed E-state index contributed by atoms with van der Waals surface area (Å²) in [6, 6.07) is -0.453. The second-order valence-electron chi connectivity index (χ2n) is 4.49. The molecule has 0 radical (unpaired) electrons.